The second-order valence-corrected chi connectivity index (χ2v) is 8.20. The van der Waals surface area contributed by atoms with Gasteiger partial charge in [0.25, 0.3) is 0 Å². The Balaban J connectivity index is 0.00000225. The maximum absolute atomic E-state index is 11.7. The SMILES string of the molecule is CCC1CCC(CNC(=NC)N2CCCC3(CNC(=O)C3)C2)CC1.I. The van der Waals surface area contributed by atoms with E-state index >= 15 is 0 Å². The fourth-order valence-electron chi connectivity index (χ4n) is 4.84. The molecule has 1 spiro atoms. The lowest BCUT2D eigenvalue weighted by atomic mass is 9.79. The van der Waals surface area contributed by atoms with Gasteiger partial charge in [0.05, 0.1) is 0 Å². The molecule has 2 N–H and O–H groups in total. The summed E-state index contributed by atoms with van der Waals surface area (Å²) in [4.78, 5) is 18.6. The van der Waals surface area contributed by atoms with Gasteiger partial charge in [-0.1, -0.05) is 26.2 Å². The third-order valence-electron chi connectivity index (χ3n) is 6.46. The van der Waals surface area contributed by atoms with Gasteiger partial charge in [0.15, 0.2) is 5.96 Å². The van der Waals surface area contributed by atoms with Crippen LogP contribution in [0.4, 0.5) is 0 Å². The van der Waals surface area contributed by atoms with E-state index < -0.39 is 0 Å². The molecule has 1 saturated carbocycles. The number of guanidine groups is 1. The van der Waals surface area contributed by atoms with Crippen molar-refractivity contribution < 1.29 is 4.79 Å². The minimum Gasteiger partial charge on any atom is -0.356 e. The van der Waals surface area contributed by atoms with Crippen molar-refractivity contribution in [3.05, 3.63) is 0 Å². The molecule has 1 unspecified atom stereocenters. The lowest BCUT2D eigenvalue weighted by molar-refractivity contribution is -0.119. The highest BCUT2D eigenvalue weighted by Crippen LogP contribution is 2.36. The summed E-state index contributed by atoms with van der Waals surface area (Å²) in [6.07, 6.45) is 9.81. The number of rotatable bonds is 3. The average molecular weight is 462 g/mol. The van der Waals surface area contributed by atoms with Crippen LogP contribution in [0.3, 0.4) is 0 Å². The predicted molar refractivity (Wildman–Crippen MR) is 113 cm³/mol. The molecule has 5 nitrogen and oxygen atoms in total. The molecule has 0 aromatic rings. The van der Waals surface area contributed by atoms with E-state index in [1.165, 1.54) is 32.1 Å². The summed E-state index contributed by atoms with van der Waals surface area (Å²) in [6.45, 7) is 6.20. The van der Waals surface area contributed by atoms with Gasteiger partial charge in [-0.15, -0.1) is 24.0 Å². The molecular formula is C19H35IN4O. The lowest BCUT2D eigenvalue weighted by Gasteiger charge is -2.41. The summed E-state index contributed by atoms with van der Waals surface area (Å²) >= 11 is 0. The minimum atomic E-state index is 0. The Morgan fingerprint density at radius 1 is 1.32 bits per heavy atom. The first-order valence-corrected chi connectivity index (χ1v) is 9.86. The molecule has 0 radical (unpaired) electrons. The molecule has 0 aromatic heterocycles. The van der Waals surface area contributed by atoms with E-state index in [2.05, 4.69) is 27.4 Å². The van der Waals surface area contributed by atoms with Gasteiger partial charge in [0.1, 0.15) is 0 Å². The number of halogens is 1. The summed E-state index contributed by atoms with van der Waals surface area (Å²) in [5.41, 5.74) is 0.131. The van der Waals surface area contributed by atoms with Crippen molar-refractivity contribution >= 4 is 35.8 Å². The molecule has 3 rings (SSSR count). The zero-order valence-electron chi connectivity index (χ0n) is 15.9. The number of aliphatic imine (C=N–C) groups is 1. The molecule has 1 aliphatic carbocycles. The van der Waals surface area contributed by atoms with Gasteiger partial charge < -0.3 is 15.5 Å². The highest BCUT2D eigenvalue weighted by Gasteiger charge is 2.42. The number of amides is 1. The maximum atomic E-state index is 11.7. The minimum absolute atomic E-state index is 0. The van der Waals surface area contributed by atoms with Crippen molar-refractivity contribution in [1.82, 2.24) is 15.5 Å². The van der Waals surface area contributed by atoms with E-state index in [9.17, 15) is 4.79 Å². The standard InChI is InChI=1S/C19H34N4O.HI/c1-3-15-5-7-16(8-6-15)12-21-18(20-2)23-10-4-9-19(14-23)11-17(24)22-13-19;/h15-16H,3-14H2,1-2H3,(H,20,21)(H,22,24);1H. The van der Waals surface area contributed by atoms with Crippen molar-refractivity contribution in [2.24, 2.45) is 22.2 Å². The Hall–Kier alpha value is -0.530. The molecule has 2 heterocycles. The van der Waals surface area contributed by atoms with Crippen LogP contribution in [-0.4, -0.2) is 50.0 Å². The topological polar surface area (TPSA) is 56.7 Å². The molecule has 25 heavy (non-hydrogen) atoms. The molecule has 144 valence electrons. The molecule has 1 amide bonds. The number of carbonyl (C=O) groups excluding carboxylic acids is 1. The van der Waals surface area contributed by atoms with Gasteiger partial charge in [-0.25, -0.2) is 0 Å². The number of nitrogens with zero attached hydrogens (tertiary/aromatic N) is 2. The van der Waals surface area contributed by atoms with Crippen LogP contribution in [-0.2, 0) is 4.79 Å². The van der Waals surface area contributed by atoms with E-state index in [1.807, 2.05) is 7.05 Å². The fraction of sp³-hybridized carbons (Fsp3) is 0.895. The predicted octanol–water partition coefficient (Wildman–Crippen LogP) is 3.00. The molecule has 1 atom stereocenters. The van der Waals surface area contributed by atoms with Gasteiger partial charge in [-0.3, -0.25) is 9.79 Å². The van der Waals surface area contributed by atoms with Crippen LogP contribution in [0.15, 0.2) is 4.99 Å². The first kappa shape index (κ1) is 20.8. The normalized spacial score (nSPS) is 33.1. The quantitative estimate of drug-likeness (QED) is 0.385. The number of hydrogen-bond donors (Lipinski definition) is 2. The van der Waals surface area contributed by atoms with Crippen molar-refractivity contribution in [2.75, 3.05) is 33.2 Å². The summed E-state index contributed by atoms with van der Waals surface area (Å²) < 4.78 is 0. The number of likely N-dealkylation sites (tertiary alicyclic amines) is 1. The third kappa shape index (κ3) is 5.23. The van der Waals surface area contributed by atoms with Crippen LogP contribution in [0.1, 0.15) is 58.3 Å². The van der Waals surface area contributed by atoms with Crippen LogP contribution in [0.2, 0.25) is 0 Å². The molecule has 3 aliphatic rings. The molecule has 2 aliphatic heterocycles. The maximum Gasteiger partial charge on any atom is 0.220 e. The summed E-state index contributed by atoms with van der Waals surface area (Å²) in [5.74, 6) is 2.99. The lowest BCUT2D eigenvalue weighted by Crippen LogP contribution is -2.52. The number of carbonyl (C=O) groups is 1. The molecule has 0 bridgehead atoms. The molecule has 0 aromatic carbocycles. The molecular weight excluding hydrogens is 427 g/mol. The van der Waals surface area contributed by atoms with Crippen molar-refractivity contribution in [2.45, 2.75) is 58.3 Å². The van der Waals surface area contributed by atoms with Gasteiger partial charge in [-0.05, 0) is 37.5 Å². The summed E-state index contributed by atoms with van der Waals surface area (Å²) in [5, 5.41) is 6.65. The third-order valence-corrected chi connectivity index (χ3v) is 6.46. The van der Waals surface area contributed by atoms with E-state index in [0.29, 0.717) is 6.42 Å². The Kier molecular flexibility index (Phi) is 7.83. The van der Waals surface area contributed by atoms with E-state index in [1.54, 1.807) is 0 Å². The highest BCUT2D eigenvalue weighted by atomic mass is 127. The van der Waals surface area contributed by atoms with Gasteiger partial charge in [0, 0.05) is 45.1 Å². The van der Waals surface area contributed by atoms with E-state index in [0.717, 1.165) is 56.8 Å². The zero-order valence-corrected chi connectivity index (χ0v) is 18.2. The van der Waals surface area contributed by atoms with Crippen molar-refractivity contribution in [1.29, 1.82) is 0 Å². The summed E-state index contributed by atoms with van der Waals surface area (Å²) in [6, 6.07) is 0. The van der Waals surface area contributed by atoms with Crippen molar-refractivity contribution in [3.8, 4) is 0 Å². The Bertz CT molecular complexity index is 476. The number of hydrogen-bond acceptors (Lipinski definition) is 2. The highest BCUT2D eigenvalue weighted by molar-refractivity contribution is 14.0. The van der Waals surface area contributed by atoms with Gasteiger partial charge in [-0.2, -0.15) is 0 Å². The first-order valence-electron chi connectivity index (χ1n) is 9.86. The second kappa shape index (κ2) is 9.42. The fourth-order valence-corrected chi connectivity index (χ4v) is 4.84. The Morgan fingerprint density at radius 2 is 2.04 bits per heavy atom. The summed E-state index contributed by atoms with van der Waals surface area (Å²) in [7, 11) is 1.88. The Morgan fingerprint density at radius 3 is 2.64 bits per heavy atom. The van der Waals surface area contributed by atoms with Crippen LogP contribution in [0, 0.1) is 17.3 Å². The molecule has 3 fully saturated rings. The van der Waals surface area contributed by atoms with Crippen molar-refractivity contribution in [3.63, 3.8) is 0 Å². The van der Waals surface area contributed by atoms with E-state index in [-0.39, 0.29) is 35.3 Å². The monoisotopic (exact) mass is 462 g/mol. The first-order chi connectivity index (χ1) is 11.6. The van der Waals surface area contributed by atoms with Crippen LogP contribution < -0.4 is 10.6 Å². The largest absolute Gasteiger partial charge is 0.356 e. The van der Waals surface area contributed by atoms with Crippen LogP contribution in [0.5, 0.6) is 0 Å². The van der Waals surface area contributed by atoms with Gasteiger partial charge >= 0.3 is 0 Å². The van der Waals surface area contributed by atoms with E-state index in [4.69, 9.17) is 0 Å². The number of nitrogens with one attached hydrogen (secondary N) is 2. The second-order valence-electron chi connectivity index (χ2n) is 8.20. The Labute approximate surface area is 169 Å². The molecule has 6 heteroatoms. The molecule has 2 saturated heterocycles. The number of piperidine rings is 1. The average Bonchev–Trinajstić information content (AvgIpc) is 2.96. The van der Waals surface area contributed by atoms with Gasteiger partial charge in [0.2, 0.25) is 5.91 Å². The smallest absolute Gasteiger partial charge is 0.220 e. The van der Waals surface area contributed by atoms with Crippen LogP contribution >= 0.6 is 24.0 Å². The van der Waals surface area contributed by atoms with Crippen LogP contribution in [0.25, 0.3) is 0 Å². The zero-order chi connectivity index (χ0) is 17.0.